The number of nitrogens with zero attached hydrogens (tertiary/aromatic N) is 2. The van der Waals surface area contributed by atoms with Gasteiger partial charge in [-0.2, -0.15) is 5.10 Å². The summed E-state index contributed by atoms with van der Waals surface area (Å²) >= 11 is 5.97. The molecular formula is C33H24ClN3O3. The molecule has 6 nitrogen and oxygen atoms in total. The van der Waals surface area contributed by atoms with E-state index in [0.717, 1.165) is 27.8 Å². The fourth-order valence-electron chi connectivity index (χ4n) is 6.89. The molecule has 2 atom stereocenters. The number of hydrogen-bond acceptors (Lipinski definition) is 4. The van der Waals surface area contributed by atoms with E-state index in [-0.39, 0.29) is 24.3 Å². The molecule has 1 saturated heterocycles. The lowest BCUT2D eigenvalue weighted by atomic mass is 9.47. The average molecular weight is 546 g/mol. The highest BCUT2D eigenvalue weighted by Crippen LogP contribution is 2.63. The fourth-order valence-corrected chi connectivity index (χ4v) is 7.02. The van der Waals surface area contributed by atoms with Crippen LogP contribution in [0, 0.1) is 11.8 Å². The van der Waals surface area contributed by atoms with Crippen molar-refractivity contribution in [1.29, 1.82) is 0 Å². The molecule has 0 radical (unpaired) electrons. The zero-order valence-corrected chi connectivity index (χ0v) is 22.1. The molecular weight excluding hydrogens is 522 g/mol. The van der Waals surface area contributed by atoms with E-state index in [1.54, 1.807) is 30.5 Å². The van der Waals surface area contributed by atoms with Gasteiger partial charge in [-0.3, -0.25) is 19.3 Å². The monoisotopic (exact) mass is 545 g/mol. The first kappa shape index (κ1) is 24.5. The summed E-state index contributed by atoms with van der Waals surface area (Å²) in [7, 11) is 0. The van der Waals surface area contributed by atoms with E-state index in [2.05, 4.69) is 10.5 Å². The number of benzene rings is 4. The van der Waals surface area contributed by atoms with Crippen molar-refractivity contribution in [3.8, 4) is 0 Å². The minimum Gasteiger partial charge on any atom is -0.278 e. The SMILES string of the molecule is O=C(N/N=C\C12c3ccccc3C(c3ccccc31)[C@H]1C(=O)N(Cc3ccccc3)C(=O)[C@H]12)c1ccc(Cl)cc1. The van der Waals surface area contributed by atoms with Crippen LogP contribution in [-0.4, -0.2) is 28.8 Å². The third kappa shape index (κ3) is 3.49. The number of nitrogens with one attached hydrogen (secondary N) is 1. The molecule has 7 heteroatoms. The maximum Gasteiger partial charge on any atom is 0.271 e. The third-order valence-electron chi connectivity index (χ3n) is 8.50. The number of amides is 3. The summed E-state index contributed by atoms with van der Waals surface area (Å²) < 4.78 is 0. The molecule has 40 heavy (non-hydrogen) atoms. The van der Waals surface area contributed by atoms with Gasteiger partial charge in [-0.05, 0) is 52.1 Å². The number of imide groups is 1. The van der Waals surface area contributed by atoms with Crippen LogP contribution in [0.5, 0.6) is 0 Å². The van der Waals surface area contributed by atoms with Gasteiger partial charge in [-0.25, -0.2) is 5.43 Å². The predicted molar refractivity (Wildman–Crippen MR) is 152 cm³/mol. The van der Waals surface area contributed by atoms with E-state index in [1.807, 2.05) is 78.9 Å². The number of likely N-dealkylation sites (tertiary alicyclic amines) is 1. The lowest BCUT2D eigenvalue weighted by Crippen LogP contribution is -2.54. The Kier molecular flexibility index (Phi) is 5.68. The van der Waals surface area contributed by atoms with E-state index in [1.165, 1.54) is 4.90 Å². The smallest absolute Gasteiger partial charge is 0.271 e. The summed E-state index contributed by atoms with van der Waals surface area (Å²) in [4.78, 5) is 42.6. The Hall–Kier alpha value is -4.55. The van der Waals surface area contributed by atoms with Gasteiger partial charge < -0.3 is 0 Å². The second-order valence-corrected chi connectivity index (χ2v) is 10.9. The fraction of sp³-hybridized carbons (Fsp3) is 0.152. The Morgan fingerprint density at radius 2 is 1.43 bits per heavy atom. The van der Waals surface area contributed by atoms with Crippen molar-refractivity contribution in [2.75, 3.05) is 0 Å². The highest BCUT2D eigenvalue weighted by atomic mass is 35.5. The quantitative estimate of drug-likeness (QED) is 0.210. The first-order valence-electron chi connectivity index (χ1n) is 13.2. The molecule has 196 valence electrons. The van der Waals surface area contributed by atoms with Crippen LogP contribution in [0.25, 0.3) is 0 Å². The molecule has 1 heterocycles. The lowest BCUT2D eigenvalue weighted by Gasteiger charge is -2.52. The summed E-state index contributed by atoms with van der Waals surface area (Å²) in [5.74, 6) is -2.28. The van der Waals surface area contributed by atoms with Gasteiger partial charge in [0, 0.05) is 22.7 Å². The second-order valence-electron chi connectivity index (χ2n) is 10.5. The molecule has 0 aromatic heterocycles. The number of hydrogen-bond donors (Lipinski definition) is 1. The number of hydrazone groups is 1. The third-order valence-corrected chi connectivity index (χ3v) is 8.75. The van der Waals surface area contributed by atoms with Crippen molar-refractivity contribution in [3.05, 3.63) is 142 Å². The van der Waals surface area contributed by atoms with Crippen LogP contribution in [0.15, 0.2) is 108 Å². The Morgan fingerprint density at radius 3 is 2.08 bits per heavy atom. The van der Waals surface area contributed by atoms with Gasteiger partial charge in [0.25, 0.3) is 5.91 Å². The van der Waals surface area contributed by atoms with Crippen LogP contribution in [0.4, 0.5) is 0 Å². The standard InChI is InChI=1S/C33H24ClN3O3/c34-22-16-14-21(15-17-22)30(38)36-35-19-33-25-12-6-4-10-23(25)27(24-11-5-7-13-26(24)33)28-29(33)32(40)37(31(28)39)18-20-8-2-1-3-9-20/h1-17,19,27-29H,18H2,(H,36,38)/b35-19-/t27?,28-,29+,33?/m1/s1. The van der Waals surface area contributed by atoms with E-state index in [0.29, 0.717) is 10.6 Å². The topological polar surface area (TPSA) is 78.8 Å². The van der Waals surface area contributed by atoms with Gasteiger partial charge >= 0.3 is 0 Å². The first-order chi connectivity index (χ1) is 19.5. The highest BCUT2D eigenvalue weighted by Gasteiger charge is 2.67. The van der Waals surface area contributed by atoms with Crippen molar-refractivity contribution in [2.24, 2.45) is 16.9 Å². The van der Waals surface area contributed by atoms with Gasteiger partial charge in [0.1, 0.15) is 0 Å². The lowest BCUT2D eigenvalue weighted by molar-refractivity contribution is -0.140. The van der Waals surface area contributed by atoms with E-state index in [4.69, 9.17) is 11.6 Å². The van der Waals surface area contributed by atoms with Gasteiger partial charge in [0.2, 0.25) is 11.8 Å². The van der Waals surface area contributed by atoms with Gasteiger partial charge in [-0.15, -0.1) is 0 Å². The van der Waals surface area contributed by atoms with Gasteiger partial charge in [0.05, 0.1) is 23.8 Å². The molecule has 4 aromatic carbocycles. The second kappa shape index (κ2) is 9.28. The molecule has 0 spiro atoms. The summed E-state index contributed by atoms with van der Waals surface area (Å²) in [5.41, 5.74) is 6.81. The summed E-state index contributed by atoms with van der Waals surface area (Å²) in [6.45, 7) is 0.214. The largest absolute Gasteiger partial charge is 0.278 e. The predicted octanol–water partition coefficient (Wildman–Crippen LogP) is 5.30. The molecule has 1 aliphatic heterocycles. The normalized spacial score (nSPS) is 24.1. The van der Waals surface area contributed by atoms with Crippen LogP contribution in [0.1, 0.15) is 44.1 Å². The van der Waals surface area contributed by atoms with Crippen LogP contribution in [-0.2, 0) is 21.5 Å². The molecule has 1 N–H and O–H groups in total. The van der Waals surface area contributed by atoms with E-state index < -0.39 is 23.2 Å². The number of halogens is 1. The van der Waals surface area contributed by atoms with Crippen LogP contribution < -0.4 is 5.43 Å². The van der Waals surface area contributed by atoms with Crippen molar-refractivity contribution < 1.29 is 14.4 Å². The van der Waals surface area contributed by atoms with Crippen molar-refractivity contribution >= 4 is 35.5 Å². The minimum atomic E-state index is -1.03. The summed E-state index contributed by atoms with van der Waals surface area (Å²) in [6, 6.07) is 32.0. The Bertz CT molecular complexity index is 1650. The van der Waals surface area contributed by atoms with Crippen LogP contribution in [0.3, 0.4) is 0 Å². The maximum atomic E-state index is 14.3. The molecule has 3 aliphatic carbocycles. The zero-order valence-electron chi connectivity index (χ0n) is 21.3. The molecule has 0 unspecified atom stereocenters. The molecule has 3 amide bonds. The molecule has 2 bridgehead atoms. The van der Waals surface area contributed by atoms with E-state index >= 15 is 0 Å². The molecule has 8 rings (SSSR count). The van der Waals surface area contributed by atoms with Crippen molar-refractivity contribution in [2.45, 2.75) is 17.9 Å². The van der Waals surface area contributed by atoms with Gasteiger partial charge in [0.15, 0.2) is 0 Å². The molecule has 4 aliphatic rings. The van der Waals surface area contributed by atoms with Crippen molar-refractivity contribution in [3.63, 3.8) is 0 Å². The Morgan fingerprint density at radius 1 is 0.825 bits per heavy atom. The van der Waals surface area contributed by atoms with E-state index in [9.17, 15) is 14.4 Å². The van der Waals surface area contributed by atoms with Crippen molar-refractivity contribution in [1.82, 2.24) is 10.3 Å². The summed E-state index contributed by atoms with van der Waals surface area (Å²) in [6.07, 6.45) is 1.67. The maximum absolute atomic E-state index is 14.3. The number of rotatable bonds is 5. The molecule has 4 aromatic rings. The van der Waals surface area contributed by atoms with Gasteiger partial charge in [-0.1, -0.05) is 90.5 Å². The highest BCUT2D eigenvalue weighted by molar-refractivity contribution is 6.30. The number of carbonyl (C=O) groups is 3. The Labute approximate surface area is 236 Å². The van der Waals surface area contributed by atoms with Crippen LogP contribution >= 0.6 is 11.6 Å². The zero-order chi connectivity index (χ0) is 27.4. The van der Waals surface area contributed by atoms with Crippen LogP contribution in [0.2, 0.25) is 5.02 Å². The Balaban J connectivity index is 1.36. The molecule has 1 fully saturated rings. The summed E-state index contributed by atoms with van der Waals surface area (Å²) in [5, 5.41) is 4.98. The minimum absolute atomic E-state index is 0.171. The molecule has 0 saturated carbocycles. The first-order valence-corrected chi connectivity index (χ1v) is 13.6. The number of carbonyl (C=O) groups excluding carboxylic acids is 3. The average Bonchev–Trinajstić information content (AvgIpc) is 3.24.